The van der Waals surface area contributed by atoms with Gasteiger partial charge < -0.3 is 10.1 Å². The topological polar surface area (TPSA) is 21.3 Å². The molecule has 2 unspecified atom stereocenters. The van der Waals surface area contributed by atoms with Crippen LogP contribution in [0.15, 0.2) is 0 Å². The smallest absolute Gasteiger partial charge is 0.0704 e. The Morgan fingerprint density at radius 3 is 2.69 bits per heavy atom. The first-order valence-electron chi connectivity index (χ1n) is 6.68. The molecule has 0 aliphatic carbocycles. The second-order valence-electron chi connectivity index (χ2n) is 4.76. The van der Waals surface area contributed by atoms with E-state index in [1.54, 1.807) is 0 Å². The maximum Gasteiger partial charge on any atom is 0.0704 e. The molecule has 1 aliphatic rings. The highest BCUT2D eigenvalue weighted by Gasteiger charge is 2.20. The number of nitrogens with one attached hydrogen (secondary N) is 1. The molecule has 1 N–H and O–H groups in total. The SMILES string of the molecule is CSCCCCCCNCC1CCC(C)O1. The van der Waals surface area contributed by atoms with Crippen LogP contribution in [0.3, 0.4) is 0 Å². The number of ether oxygens (including phenoxy) is 1. The van der Waals surface area contributed by atoms with Gasteiger partial charge in [-0.3, -0.25) is 0 Å². The molecule has 1 saturated heterocycles. The lowest BCUT2D eigenvalue weighted by Gasteiger charge is -2.11. The summed E-state index contributed by atoms with van der Waals surface area (Å²) in [6, 6.07) is 0. The fraction of sp³-hybridized carbons (Fsp3) is 1.00. The molecule has 1 aliphatic heterocycles. The lowest BCUT2D eigenvalue weighted by Crippen LogP contribution is -2.27. The highest BCUT2D eigenvalue weighted by atomic mass is 32.2. The first-order valence-corrected chi connectivity index (χ1v) is 8.07. The third-order valence-corrected chi connectivity index (χ3v) is 3.84. The second-order valence-corrected chi connectivity index (χ2v) is 5.74. The first kappa shape index (κ1) is 14.3. The molecule has 1 heterocycles. The third kappa shape index (κ3) is 6.77. The van der Waals surface area contributed by atoms with E-state index in [1.807, 2.05) is 11.8 Å². The zero-order valence-electron chi connectivity index (χ0n) is 10.8. The maximum absolute atomic E-state index is 5.76. The third-order valence-electron chi connectivity index (χ3n) is 3.14. The molecule has 0 aromatic rings. The van der Waals surface area contributed by atoms with Crippen molar-refractivity contribution < 1.29 is 4.74 Å². The molecular formula is C13H27NOS. The largest absolute Gasteiger partial charge is 0.374 e. The van der Waals surface area contributed by atoms with Gasteiger partial charge in [0.15, 0.2) is 0 Å². The number of rotatable bonds is 9. The van der Waals surface area contributed by atoms with Crippen molar-refractivity contribution in [1.29, 1.82) is 0 Å². The van der Waals surface area contributed by atoms with Gasteiger partial charge in [0.2, 0.25) is 0 Å². The van der Waals surface area contributed by atoms with Crippen LogP contribution in [0.2, 0.25) is 0 Å². The average molecular weight is 245 g/mol. The van der Waals surface area contributed by atoms with E-state index in [2.05, 4.69) is 18.5 Å². The van der Waals surface area contributed by atoms with E-state index >= 15 is 0 Å². The molecule has 0 bridgehead atoms. The van der Waals surface area contributed by atoms with Gasteiger partial charge in [-0.2, -0.15) is 11.8 Å². The van der Waals surface area contributed by atoms with Crippen molar-refractivity contribution in [1.82, 2.24) is 5.32 Å². The summed E-state index contributed by atoms with van der Waals surface area (Å²) >= 11 is 1.95. The van der Waals surface area contributed by atoms with Crippen LogP contribution in [-0.2, 0) is 4.74 Å². The van der Waals surface area contributed by atoms with Gasteiger partial charge in [0.1, 0.15) is 0 Å². The Bertz CT molecular complexity index is 166. The summed E-state index contributed by atoms with van der Waals surface area (Å²) in [7, 11) is 0. The minimum atomic E-state index is 0.478. The van der Waals surface area contributed by atoms with Gasteiger partial charge in [-0.25, -0.2) is 0 Å². The van der Waals surface area contributed by atoms with Gasteiger partial charge in [0.05, 0.1) is 12.2 Å². The summed E-state index contributed by atoms with van der Waals surface area (Å²) in [5, 5.41) is 3.51. The molecule has 3 heteroatoms. The zero-order valence-corrected chi connectivity index (χ0v) is 11.7. The van der Waals surface area contributed by atoms with Crippen molar-refractivity contribution in [3.05, 3.63) is 0 Å². The zero-order chi connectivity index (χ0) is 11.6. The Hall–Kier alpha value is 0.270. The maximum atomic E-state index is 5.76. The van der Waals surface area contributed by atoms with Gasteiger partial charge in [-0.1, -0.05) is 12.8 Å². The summed E-state index contributed by atoms with van der Waals surface area (Å²) in [6.45, 7) is 4.38. The molecule has 96 valence electrons. The van der Waals surface area contributed by atoms with Crippen molar-refractivity contribution in [2.45, 2.75) is 57.7 Å². The van der Waals surface area contributed by atoms with Crippen LogP contribution < -0.4 is 5.32 Å². The molecular weight excluding hydrogens is 218 g/mol. The molecule has 2 atom stereocenters. The van der Waals surface area contributed by atoms with E-state index in [-0.39, 0.29) is 0 Å². The quantitative estimate of drug-likeness (QED) is 0.631. The molecule has 1 fully saturated rings. The second kappa shape index (κ2) is 9.32. The van der Waals surface area contributed by atoms with E-state index in [0.717, 1.165) is 13.1 Å². The van der Waals surface area contributed by atoms with Gasteiger partial charge in [-0.05, 0) is 51.2 Å². The predicted molar refractivity (Wildman–Crippen MR) is 73.3 cm³/mol. The molecule has 0 amide bonds. The Kier molecular flexibility index (Phi) is 8.34. The molecule has 2 nitrogen and oxygen atoms in total. The Labute approximate surface area is 105 Å². The summed E-state index contributed by atoms with van der Waals surface area (Å²) in [5.74, 6) is 1.32. The number of hydrogen-bond donors (Lipinski definition) is 1. The van der Waals surface area contributed by atoms with Crippen LogP contribution in [0.4, 0.5) is 0 Å². The fourth-order valence-electron chi connectivity index (χ4n) is 2.15. The Morgan fingerprint density at radius 2 is 2.00 bits per heavy atom. The van der Waals surface area contributed by atoms with Crippen LogP contribution in [0.25, 0.3) is 0 Å². The van der Waals surface area contributed by atoms with Crippen LogP contribution in [-0.4, -0.2) is 37.3 Å². The molecule has 0 saturated carbocycles. The van der Waals surface area contributed by atoms with E-state index in [9.17, 15) is 0 Å². The minimum absolute atomic E-state index is 0.478. The summed E-state index contributed by atoms with van der Waals surface area (Å²) in [4.78, 5) is 0. The monoisotopic (exact) mass is 245 g/mol. The van der Waals surface area contributed by atoms with Crippen molar-refractivity contribution in [2.24, 2.45) is 0 Å². The van der Waals surface area contributed by atoms with Gasteiger partial charge in [-0.15, -0.1) is 0 Å². The van der Waals surface area contributed by atoms with Crippen molar-refractivity contribution in [2.75, 3.05) is 25.1 Å². The van der Waals surface area contributed by atoms with Crippen LogP contribution in [0.5, 0.6) is 0 Å². The minimum Gasteiger partial charge on any atom is -0.374 e. The molecule has 1 rings (SSSR count). The van der Waals surface area contributed by atoms with E-state index in [1.165, 1.54) is 44.3 Å². The van der Waals surface area contributed by atoms with E-state index in [0.29, 0.717) is 12.2 Å². The van der Waals surface area contributed by atoms with E-state index in [4.69, 9.17) is 4.74 Å². The molecule has 0 spiro atoms. The summed E-state index contributed by atoms with van der Waals surface area (Å²) in [5.41, 5.74) is 0. The lowest BCUT2D eigenvalue weighted by atomic mass is 10.2. The first-order chi connectivity index (χ1) is 7.83. The fourth-order valence-corrected chi connectivity index (χ4v) is 2.64. The van der Waals surface area contributed by atoms with Gasteiger partial charge >= 0.3 is 0 Å². The summed E-state index contributed by atoms with van der Waals surface area (Å²) in [6.07, 6.45) is 11.1. The standard InChI is InChI=1S/C13H27NOS/c1-12-7-8-13(15-12)11-14-9-5-3-4-6-10-16-2/h12-14H,3-11H2,1-2H3. The van der Waals surface area contributed by atoms with Crippen molar-refractivity contribution in [3.8, 4) is 0 Å². The van der Waals surface area contributed by atoms with Crippen LogP contribution in [0, 0.1) is 0 Å². The van der Waals surface area contributed by atoms with Gasteiger partial charge in [0, 0.05) is 6.54 Å². The predicted octanol–water partition coefficient (Wildman–Crippen LogP) is 3.07. The summed E-state index contributed by atoms with van der Waals surface area (Å²) < 4.78 is 5.76. The molecule has 0 aromatic heterocycles. The normalized spacial score (nSPS) is 25.1. The highest BCUT2D eigenvalue weighted by molar-refractivity contribution is 7.98. The number of hydrogen-bond acceptors (Lipinski definition) is 3. The van der Waals surface area contributed by atoms with E-state index < -0.39 is 0 Å². The molecule has 0 radical (unpaired) electrons. The van der Waals surface area contributed by atoms with Crippen LogP contribution in [0.1, 0.15) is 45.4 Å². The van der Waals surface area contributed by atoms with Crippen molar-refractivity contribution in [3.63, 3.8) is 0 Å². The molecule has 16 heavy (non-hydrogen) atoms. The molecule has 0 aromatic carbocycles. The van der Waals surface area contributed by atoms with Crippen LogP contribution >= 0.6 is 11.8 Å². The number of unbranched alkanes of at least 4 members (excludes halogenated alkanes) is 3. The van der Waals surface area contributed by atoms with Gasteiger partial charge in [0.25, 0.3) is 0 Å². The Morgan fingerprint density at radius 1 is 1.19 bits per heavy atom. The lowest BCUT2D eigenvalue weighted by molar-refractivity contribution is 0.0561. The Balaban J connectivity index is 1.78. The average Bonchev–Trinajstić information content (AvgIpc) is 2.68. The number of thioether (sulfide) groups is 1. The van der Waals surface area contributed by atoms with Crippen molar-refractivity contribution >= 4 is 11.8 Å². The highest BCUT2D eigenvalue weighted by Crippen LogP contribution is 2.18.